The van der Waals surface area contributed by atoms with Crippen molar-refractivity contribution >= 4 is 5.91 Å². The molecule has 1 aliphatic heterocycles. The van der Waals surface area contributed by atoms with Gasteiger partial charge in [0, 0.05) is 18.3 Å². The molecule has 0 spiro atoms. The molecular formula is C5H10N4O. The molecule has 0 aromatic heterocycles. The SMILES string of the molecule is NNC(=O)C1=CNCNC1. The minimum atomic E-state index is -0.250. The third kappa shape index (κ3) is 1.46. The van der Waals surface area contributed by atoms with Crippen LogP contribution in [0.4, 0.5) is 0 Å². The Morgan fingerprint density at radius 1 is 1.80 bits per heavy atom. The lowest BCUT2D eigenvalue weighted by Crippen LogP contribution is -2.40. The van der Waals surface area contributed by atoms with Crippen molar-refractivity contribution in [1.29, 1.82) is 0 Å². The van der Waals surface area contributed by atoms with Crippen molar-refractivity contribution in [2.45, 2.75) is 0 Å². The van der Waals surface area contributed by atoms with Crippen LogP contribution in [0.15, 0.2) is 11.8 Å². The highest BCUT2D eigenvalue weighted by atomic mass is 16.2. The first-order valence-corrected chi connectivity index (χ1v) is 2.98. The van der Waals surface area contributed by atoms with Gasteiger partial charge in [-0.3, -0.25) is 15.5 Å². The topological polar surface area (TPSA) is 79.2 Å². The molecule has 1 rings (SSSR count). The molecule has 0 saturated carbocycles. The van der Waals surface area contributed by atoms with Gasteiger partial charge in [-0.05, 0) is 0 Å². The Labute approximate surface area is 58.6 Å². The van der Waals surface area contributed by atoms with E-state index in [1.165, 1.54) is 0 Å². The summed E-state index contributed by atoms with van der Waals surface area (Å²) in [4.78, 5) is 10.8. The zero-order valence-corrected chi connectivity index (χ0v) is 5.48. The second-order valence-corrected chi connectivity index (χ2v) is 1.95. The largest absolute Gasteiger partial charge is 0.378 e. The average Bonchev–Trinajstić information content (AvgIpc) is 2.05. The smallest absolute Gasteiger partial charge is 0.263 e. The molecule has 0 fully saturated rings. The van der Waals surface area contributed by atoms with Crippen LogP contribution in [0.25, 0.3) is 0 Å². The van der Waals surface area contributed by atoms with Crippen LogP contribution in [0, 0.1) is 0 Å². The van der Waals surface area contributed by atoms with Gasteiger partial charge < -0.3 is 5.32 Å². The molecule has 1 heterocycles. The molecule has 5 nitrogen and oxygen atoms in total. The van der Waals surface area contributed by atoms with Crippen molar-refractivity contribution in [2.24, 2.45) is 5.84 Å². The summed E-state index contributed by atoms with van der Waals surface area (Å²) in [5.74, 6) is 4.66. The van der Waals surface area contributed by atoms with E-state index >= 15 is 0 Å². The van der Waals surface area contributed by atoms with Gasteiger partial charge in [0.05, 0.1) is 6.67 Å². The molecule has 0 aromatic rings. The summed E-state index contributed by atoms with van der Waals surface area (Å²) in [5, 5.41) is 5.81. The van der Waals surface area contributed by atoms with Crippen molar-refractivity contribution in [3.8, 4) is 0 Å². The van der Waals surface area contributed by atoms with Gasteiger partial charge in [0.1, 0.15) is 0 Å². The van der Waals surface area contributed by atoms with Crippen LogP contribution in [0.5, 0.6) is 0 Å². The number of hydrazine groups is 1. The van der Waals surface area contributed by atoms with Crippen molar-refractivity contribution in [1.82, 2.24) is 16.1 Å². The Kier molecular flexibility index (Phi) is 2.24. The second-order valence-electron chi connectivity index (χ2n) is 1.95. The van der Waals surface area contributed by atoms with E-state index in [1.54, 1.807) is 6.20 Å². The Morgan fingerprint density at radius 3 is 3.10 bits per heavy atom. The Bertz CT molecular complexity index is 165. The Balaban J connectivity index is 2.53. The minimum Gasteiger partial charge on any atom is -0.378 e. The predicted molar refractivity (Wildman–Crippen MR) is 36.4 cm³/mol. The zero-order valence-electron chi connectivity index (χ0n) is 5.48. The molecule has 0 saturated heterocycles. The monoisotopic (exact) mass is 142 g/mol. The summed E-state index contributed by atoms with van der Waals surface area (Å²) in [6, 6.07) is 0. The third-order valence-corrected chi connectivity index (χ3v) is 1.24. The molecule has 10 heavy (non-hydrogen) atoms. The van der Waals surface area contributed by atoms with E-state index in [1.807, 2.05) is 5.43 Å². The van der Waals surface area contributed by atoms with Crippen LogP contribution in [0.2, 0.25) is 0 Å². The van der Waals surface area contributed by atoms with Crippen molar-refractivity contribution in [2.75, 3.05) is 13.2 Å². The number of nitrogens with one attached hydrogen (secondary N) is 3. The molecule has 1 amide bonds. The molecule has 0 atom stereocenters. The van der Waals surface area contributed by atoms with Gasteiger partial charge in [0.25, 0.3) is 5.91 Å². The number of carbonyl (C=O) groups excluding carboxylic acids is 1. The van der Waals surface area contributed by atoms with Crippen LogP contribution in [0.3, 0.4) is 0 Å². The molecule has 0 radical (unpaired) electrons. The lowest BCUT2D eigenvalue weighted by atomic mass is 10.2. The lowest BCUT2D eigenvalue weighted by Gasteiger charge is -2.13. The van der Waals surface area contributed by atoms with Crippen molar-refractivity contribution in [3.63, 3.8) is 0 Å². The second kappa shape index (κ2) is 3.19. The first-order valence-electron chi connectivity index (χ1n) is 2.98. The highest BCUT2D eigenvalue weighted by molar-refractivity contribution is 5.93. The quantitative estimate of drug-likeness (QED) is 0.194. The molecule has 1 aliphatic rings. The summed E-state index contributed by atoms with van der Waals surface area (Å²) in [6.07, 6.45) is 1.65. The molecule has 0 aliphatic carbocycles. The van der Waals surface area contributed by atoms with Crippen molar-refractivity contribution < 1.29 is 4.79 Å². The number of nitrogens with two attached hydrogens (primary N) is 1. The van der Waals surface area contributed by atoms with Gasteiger partial charge in [-0.2, -0.15) is 0 Å². The first-order chi connectivity index (χ1) is 4.84. The maximum absolute atomic E-state index is 10.8. The van der Waals surface area contributed by atoms with Gasteiger partial charge in [-0.15, -0.1) is 0 Å². The number of rotatable bonds is 1. The van der Waals surface area contributed by atoms with Gasteiger partial charge in [0.2, 0.25) is 0 Å². The van der Waals surface area contributed by atoms with E-state index < -0.39 is 0 Å². The predicted octanol–water partition coefficient (Wildman–Crippen LogP) is -1.99. The summed E-state index contributed by atoms with van der Waals surface area (Å²) >= 11 is 0. The average molecular weight is 142 g/mol. The number of hydrogen-bond donors (Lipinski definition) is 4. The first kappa shape index (κ1) is 7.04. The van der Waals surface area contributed by atoms with E-state index in [-0.39, 0.29) is 5.91 Å². The highest BCUT2D eigenvalue weighted by Gasteiger charge is 2.08. The maximum Gasteiger partial charge on any atom is 0.263 e. The van der Waals surface area contributed by atoms with Crippen LogP contribution in [0.1, 0.15) is 0 Å². The normalized spacial score (nSPS) is 17.1. The van der Waals surface area contributed by atoms with Gasteiger partial charge in [-0.25, -0.2) is 5.84 Å². The lowest BCUT2D eigenvalue weighted by molar-refractivity contribution is -0.117. The third-order valence-electron chi connectivity index (χ3n) is 1.24. The Morgan fingerprint density at radius 2 is 2.60 bits per heavy atom. The molecule has 0 bridgehead atoms. The molecule has 5 heteroatoms. The minimum absolute atomic E-state index is 0.250. The fourth-order valence-corrected chi connectivity index (χ4v) is 0.733. The number of carbonyl (C=O) groups is 1. The maximum atomic E-state index is 10.8. The van der Waals surface area contributed by atoms with Crippen LogP contribution < -0.4 is 21.9 Å². The number of hydrogen-bond acceptors (Lipinski definition) is 4. The van der Waals surface area contributed by atoms with Crippen LogP contribution in [-0.2, 0) is 4.79 Å². The summed E-state index contributed by atoms with van der Waals surface area (Å²) < 4.78 is 0. The molecule has 56 valence electrons. The van der Waals surface area contributed by atoms with Gasteiger partial charge >= 0.3 is 0 Å². The number of amides is 1. The molecule has 0 unspecified atom stereocenters. The van der Waals surface area contributed by atoms with E-state index in [0.717, 1.165) is 0 Å². The van der Waals surface area contributed by atoms with Crippen LogP contribution >= 0.6 is 0 Å². The van der Waals surface area contributed by atoms with E-state index in [2.05, 4.69) is 10.6 Å². The van der Waals surface area contributed by atoms with Gasteiger partial charge in [-0.1, -0.05) is 0 Å². The van der Waals surface area contributed by atoms with Crippen molar-refractivity contribution in [3.05, 3.63) is 11.8 Å². The molecule has 0 aromatic carbocycles. The van der Waals surface area contributed by atoms with E-state index in [0.29, 0.717) is 18.8 Å². The van der Waals surface area contributed by atoms with Crippen LogP contribution in [-0.4, -0.2) is 19.1 Å². The summed E-state index contributed by atoms with van der Waals surface area (Å²) in [7, 11) is 0. The fourth-order valence-electron chi connectivity index (χ4n) is 0.733. The molecule has 5 N–H and O–H groups in total. The standard InChI is InChI=1S/C5H10N4O/c6-9-5(10)4-1-7-3-8-2-4/h1,7-8H,2-3,6H2,(H,9,10). The van der Waals surface area contributed by atoms with E-state index in [9.17, 15) is 4.79 Å². The Hall–Kier alpha value is -1.07. The fraction of sp³-hybridized carbons (Fsp3) is 0.400. The zero-order chi connectivity index (χ0) is 7.40. The summed E-state index contributed by atoms with van der Waals surface area (Å²) in [5.41, 5.74) is 2.67. The van der Waals surface area contributed by atoms with E-state index in [4.69, 9.17) is 5.84 Å². The summed E-state index contributed by atoms with van der Waals surface area (Å²) in [6.45, 7) is 1.26. The molecular weight excluding hydrogens is 132 g/mol. The van der Waals surface area contributed by atoms with Gasteiger partial charge in [0.15, 0.2) is 0 Å². The highest BCUT2D eigenvalue weighted by Crippen LogP contribution is 1.91.